The van der Waals surface area contributed by atoms with Crippen molar-refractivity contribution >= 4 is 11.6 Å². The van der Waals surface area contributed by atoms with Gasteiger partial charge in [-0.15, -0.1) is 10.2 Å². The summed E-state index contributed by atoms with van der Waals surface area (Å²) in [6.45, 7) is 0.771. The quantitative estimate of drug-likeness (QED) is 0.783. The van der Waals surface area contributed by atoms with E-state index in [1.165, 1.54) is 30.7 Å². The third-order valence-corrected chi connectivity index (χ3v) is 4.37. The molecule has 1 aliphatic rings. The Balaban J connectivity index is 1.65. The van der Waals surface area contributed by atoms with Crippen LogP contribution in [-0.2, 0) is 13.0 Å². The lowest BCUT2D eigenvalue weighted by molar-refractivity contribution is 0.102. The Morgan fingerprint density at radius 2 is 2.08 bits per heavy atom. The summed E-state index contributed by atoms with van der Waals surface area (Å²) < 4.78 is 16.4. The van der Waals surface area contributed by atoms with Crippen molar-refractivity contribution in [3.63, 3.8) is 0 Å². The van der Waals surface area contributed by atoms with E-state index >= 15 is 0 Å². The molecule has 0 aliphatic carbocycles. The number of amides is 1. The third kappa shape index (κ3) is 3.17. The molecule has 0 unspecified atom stereocenters. The third-order valence-electron chi connectivity index (χ3n) is 4.37. The molecule has 0 radical (unpaired) electrons. The number of anilines is 1. The topological polar surface area (TPSA) is 85.6 Å². The molecule has 3 aromatic rings. The van der Waals surface area contributed by atoms with Crippen molar-refractivity contribution in [2.45, 2.75) is 32.2 Å². The maximum Gasteiger partial charge on any atom is 0.275 e. The van der Waals surface area contributed by atoms with E-state index in [1.54, 1.807) is 6.07 Å². The van der Waals surface area contributed by atoms with Crippen molar-refractivity contribution in [3.05, 3.63) is 54.1 Å². The standard InChI is InChI=1S/C18H17FN6O/c19-14-6-5-12(22-18(26)15-11-20-7-8-21-15)10-13(14)17-24-23-16-4-2-1-3-9-25(16)17/h5-8,10-11H,1-4,9H2,(H,22,26). The van der Waals surface area contributed by atoms with Gasteiger partial charge in [0.15, 0.2) is 5.82 Å². The molecule has 8 heteroatoms. The molecule has 1 N–H and O–H groups in total. The zero-order valence-electron chi connectivity index (χ0n) is 14.0. The summed E-state index contributed by atoms with van der Waals surface area (Å²) in [5.74, 6) is 0.568. The number of hydrogen-bond acceptors (Lipinski definition) is 5. The van der Waals surface area contributed by atoms with Crippen molar-refractivity contribution in [2.24, 2.45) is 0 Å². The second-order valence-electron chi connectivity index (χ2n) is 6.14. The monoisotopic (exact) mass is 352 g/mol. The molecule has 1 aliphatic heterocycles. The van der Waals surface area contributed by atoms with Gasteiger partial charge >= 0.3 is 0 Å². The van der Waals surface area contributed by atoms with Gasteiger partial charge in [-0.3, -0.25) is 9.78 Å². The van der Waals surface area contributed by atoms with Gasteiger partial charge in [-0.2, -0.15) is 0 Å². The Kier molecular flexibility index (Phi) is 4.39. The van der Waals surface area contributed by atoms with Gasteiger partial charge in [0.05, 0.1) is 11.8 Å². The maximum atomic E-state index is 14.4. The zero-order chi connectivity index (χ0) is 17.9. The number of nitrogens with zero attached hydrogens (tertiary/aromatic N) is 5. The lowest BCUT2D eigenvalue weighted by Gasteiger charge is -2.10. The van der Waals surface area contributed by atoms with Crippen LogP contribution in [0.5, 0.6) is 0 Å². The number of aryl methyl sites for hydroxylation is 1. The average molecular weight is 352 g/mol. The molecule has 3 heterocycles. The molecule has 0 saturated carbocycles. The van der Waals surface area contributed by atoms with Crippen LogP contribution in [0.3, 0.4) is 0 Å². The van der Waals surface area contributed by atoms with Crippen molar-refractivity contribution in [2.75, 3.05) is 5.32 Å². The predicted molar refractivity (Wildman–Crippen MR) is 93.0 cm³/mol. The molecule has 26 heavy (non-hydrogen) atoms. The van der Waals surface area contributed by atoms with E-state index in [0.29, 0.717) is 17.1 Å². The minimum Gasteiger partial charge on any atom is -0.321 e. The van der Waals surface area contributed by atoms with Crippen LogP contribution in [0.4, 0.5) is 10.1 Å². The van der Waals surface area contributed by atoms with Crippen LogP contribution < -0.4 is 5.32 Å². The van der Waals surface area contributed by atoms with Gasteiger partial charge < -0.3 is 9.88 Å². The smallest absolute Gasteiger partial charge is 0.275 e. The summed E-state index contributed by atoms with van der Waals surface area (Å²) in [7, 11) is 0. The first kappa shape index (κ1) is 16.3. The molecule has 1 amide bonds. The van der Waals surface area contributed by atoms with Crippen molar-refractivity contribution < 1.29 is 9.18 Å². The van der Waals surface area contributed by atoms with Crippen LogP contribution in [0.2, 0.25) is 0 Å². The number of benzene rings is 1. The molecule has 0 spiro atoms. The highest BCUT2D eigenvalue weighted by Crippen LogP contribution is 2.27. The molecule has 1 aromatic carbocycles. The average Bonchev–Trinajstić information content (AvgIpc) is 2.92. The van der Waals surface area contributed by atoms with E-state index in [-0.39, 0.29) is 5.69 Å². The van der Waals surface area contributed by atoms with Crippen LogP contribution in [-0.4, -0.2) is 30.6 Å². The number of nitrogens with one attached hydrogen (secondary N) is 1. The number of hydrogen-bond donors (Lipinski definition) is 1. The SMILES string of the molecule is O=C(Nc1ccc(F)c(-c2nnc3n2CCCCC3)c1)c1cnccn1. The molecule has 0 bridgehead atoms. The van der Waals surface area contributed by atoms with E-state index in [2.05, 4.69) is 25.5 Å². The Hall–Kier alpha value is -3.16. The minimum atomic E-state index is -0.407. The number of aromatic nitrogens is 5. The van der Waals surface area contributed by atoms with Crippen molar-refractivity contribution in [3.8, 4) is 11.4 Å². The van der Waals surface area contributed by atoms with Crippen molar-refractivity contribution in [1.29, 1.82) is 0 Å². The lowest BCUT2D eigenvalue weighted by Crippen LogP contribution is -2.14. The molecule has 4 rings (SSSR count). The van der Waals surface area contributed by atoms with Gasteiger partial charge in [-0.25, -0.2) is 9.37 Å². The number of halogens is 1. The second-order valence-corrected chi connectivity index (χ2v) is 6.14. The summed E-state index contributed by atoms with van der Waals surface area (Å²) in [5.41, 5.74) is 0.973. The molecule has 0 fully saturated rings. The van der Waals surface area contributed by atoms with E-state index in [0.717, 1.165) is 38.1 Å². The number of fused-ring (bicyclic) bond motifs is 1. The van der Waals surface area contributed by atoms with Crippen molar-refractivity contribution in [1.82, 2.24) is 24.7 Å². The highest BCUT2D eigenvalue weighted by molar-refractivity contribution is 6.02. The number of carbonyl (C=O) groups excluding carboxylic acids is 1. The van der Waals surface area contributed by atoms with E-state index in [1.807, 2.05) is 4.57 Å². The largest absolute Gasteiger partial charge is 0.321 e. The van der Waals surface area contributed by atoms with Gasteiger partial charge in [0.25, 0.3) is 5.91 Å². The minimum absolute atomic E-state index is 0.190. The van der Waals surface area contributed by atoms with Gasteiger partial charge in [-0.05, 0) is 31.0 Å². The Morgan fingerprint density at radius 3 is 2.92 bits per heavy atom. The molecule has 0 saturated heterocycles. The van der Waals surface area contributed by atoms with Crippen LogP contribution in [0, 0.1) is 5.82 Å². The lowest BCUT2D eigenvalue weighted by atomic mass is 10.1. The molecular weight excluding hydrogens is 335 g/mol. The first-order chi connectivity index (χ1) is 12.7. The fourth-order valence-electron chi connectivity index (χ4n) is 3.07. The molecule has 0 atom stereocenters. The first-order valence-electron chi connectivity index (χ1n) is 8.52. The summed E-state index contributed by atoms with van der Waals surface area (Å²) in [5, 5.41) is 11.1. The second kappa shape index (κ2) is 6.99. The number of rotatable bonds is 3. The summed E-state index contributed by atoms with van der Waals surface area (Å²) >= 11 is 0. The number of carbonyl (C=O) groups is 1. The maximum absolute atomic E-state index is 14.4. The van der Waals surface area contributed by atoms with Gasteiger partial charge in [-0.1, -0.05) is 6.42 Å². The first-order valence-corrected chi connectivity index (χ1v) is 8.52. The molecule has 132 valence electrons. The van der Waals surface area contributed by atoms with Crippen LogP contribution in [0.15, 0.2) is 36.8 Å². The van der Waals surface area contributed by atoms with Crippen LogP contribution in [0.25, 0.3) is 11.4 Å². The highest BCUT2D eigenvalue weighted by atomic mass is 19.1. The van der Waals surface area contributed by atoms with E-state index < -0.39 is 11.7 Å². The summed E-state index contributed by atoms with van der Waals surface area (Å²) in [6, 6.07) is 4.40. The molecule has 2 aromatic heterocycles. The summed E-state index contributed by atoms with van der Waals surface area (Å²) in [6.07, 6.45) is 8.35. The van der Waals surface area contributed by atoms with E-state index in [9.17, 15) is 9.18 Å². The highest BCUT2D eigenvalue weighted by Gasteiger charge is 2.19. The molecular formula is C18H17FN6O. The Bertz CT molecular complexity index is 940. The fraction of sp³-hybridized carbons (Fsp3) is 0.278. The van der Waals surface area contributed by atoms with Gasteiger partial charge in [0, 0.05) is 31.0 Å². The zero-order valence-corrected chi connectivity index (χ0v) is 14.0. The fourth-order valence-corrected chi connectivity index (χ4v) is 3.07. The summed E-state index contributed by atoms with van der Waals surface area (Å²) in [4.78, 5) is 20.1. The van der Waals surface area contributed by atoms with Gasteiger partial charge in [0.1, 0.15) is 17.3 Å². The normalized spacial score (nSPS) is 13.7. The van der Waals surface area contributed by atoms with Crippen LogP contribution in [0.1, 0.15) is 35.6 Å². The van der Waals surface area contributed by atoms with Crippen LogP contribution >= 0.6 is 0 Å². The predicted octanol–water partition coefficient (Wildman–Crippen LogP) is 2.85. The Labute approximate surface area is 149 Å². The Morgan fingerprint density at radius 1 is 1.15 bits per heavy atom. The van der Waals surface area contributed by atoms with Gasteiger partial charge in [0.2, 0.25) is 0 Å². The van der Waals surface area contributed by atoms with E-state index in [4.69, 9.17) is 0 Å². The molecule has 7 nitrogen and oxygen atoms in total.